The van der Waals surface area contributed by atoms with E-state index < -0.39 is 23.4 Å². The highest BCUT2D eigenvalue weighted by atomic mass is 16.6. The van der Waals surface area contributed by atoms with Crippen LogP contribution in [-0.2, 0) is 9.47 Å². The van der Waals surface area contributed by atoms with E-state index in [4.69, 9.17) is 9.47 Å². The Labute approximate surface area is 147 Å². The number of carbonyl (C=O) groups is 2. The Balaban J connectivity index is 4.37. The van der Waals surface area contributed by atoms with E-state index >= 15 is 0 Å². The largest absolute Gasteiger partial charge is 0.444 e. The van der Waals surface area contributed by atoms with Gasteiger partial charge in [-0.2, -0.15) is 0 Å². The quantitative estimate of drug-likeness (QED) is 0.719. The molecule has 2 amide bonds. The van der Waals surface area contributed by atoms with Crippen LogP contribution in [0, 0.1) is 0 Å². The van der Waals surface area contributed by atoms with Crippen molar-refractivity contribution in [2.24, 2.45) is 0 Å². The van der Waals surface area contributed by atoms with Crippen molar-refractivity contribution in [2.75, 3.05) is 0 Å². The maximum Gasteiger partial charge on any atom is 0.407 e. The fraction of sp³-hybridized carbons (Fsp3) is 0.889. The Morgan fingerprint density at radius 2 is 1.04 bits per heavy atom. The van der Waals surface area contributed by atoms with Crippen LogP contribution in [0.3, 0.4) is 0 Å². The smallest absolute Gasteiger partial charge is 0.407 e. The lowest BCUT2D eigenvalue weighted by Crippen LogP contribution is -2.41. The van der Waals surface area contributed by atoms with Crippen molar-refractivity contribution in [1.29, 1.82) is 0 Å². The zero-order valence-electron chi connectivity index (χ0n) is 16.6. The average Bonchev–Trinajstić information content (AvgIpc) is 2.37. The van der Waals surface area contributed by atoms with Crippen LogP contribution in [0.15, 0.2) is 0 Å². The number of nitrogens with one attached hydrogen (secondary N) is 2. The third-order valence-corrected chi connectivity index (χ3v) is 3.29. The zero-order valence-corrected chi connectivity index (χ0v) is 16.6. The van der Waals surface area contributed by atoms with Crippen molar-refractivity contribution in [3.8, 4) is 0 Å². The number of amides is 2. The number of rotatable bonds is 7. The maximum atomic E-state index is 11.9. The molecule has 0 saturated carbocycles. The molecular weight excluding hydrogens is 308 g/mol. The van der Waals surface area contributed by atoms with E-state index in [-0.39, 0.29) is 12.1 Å². The molecule has 142 valence electrons. The fourth-order valence-corrected chi connectivity index (χ4v) is 2.11. The predicted molar refractivity (Wildman–Crippen MR) is 96.1 cm³/mol. The van der Waals surface area contributed by atoms with E-state index in [1.54, 1.807) is 0 Å². The second-order valence-electron chi connectivity index (χ2n) is 8.08. The summed E-state index contributed by atoms with van der Waals surface area (Å²) in [5.74, 6) is 0. The SMILES string of the molecule is CCC(CC[C@@H](CC)NC(=O)OC(C)(C)C)NC(=O)OC(C)(C)C. The molecule has 0 aromatic rings. The summed E-state index contributed by atoms with van der Waals surface area (Å²) in [6.07, 6.45) is 2.35. The molecule has 0 radical (unpaired) electrons. The second-order valence-corrected chi connectivity index (χ2v) is 8.08. The lowest BCUT2D eigenvalue weighted by atomic mass is 10.0. The first-order valence-corrected chi connectivity index (χ1v) is 8.85. The van der Waals surface area contributed by atoms with Gasteiger partial charge in [0.05, 0.1) is 0 Å². The summed E-state index contributed by atoms with van der Waals surface area (Å²) in [6.45, 7) is 15.1. The van der Waals surface area contributed by atoms with Crippen molar-refractivity contribution in [3.05, 3.63) is 0 Å². The number of hydrogen-bond donors (Lipinski definition) is 2. The summed E-state index contributed by atoms with van der Waals surface area (Å²) >= 11 is 0. The first-order valence-electron chi connectivity index (χ1n) is 8.85. The van der Waals surface area contributed by atoms with Crippen LogP contribution in [0.1, 0.15) is 81.1 Å². The first-order chi connectivity index (χ1) is 10.9. The van der Waals surface area contributed by atoms with Gasteiger partial charge in [0.1, 0.15) is 11.2 Å². The van der Waals surface area contributed by atoms with Gasteiger partial charge in [-0.1, -0.05) is 13.8 Å². The van der Waals surface area contributed by atoms with Crippen LogP contribution >= 0.6 is 0 Å². The number of ether oxygens (including phenoxy) is 2. The van der Waals surface area contributed by atoms with Gasteiger partial charge in [-0.25, -0.2) is 9.59 Å². The van der Waals surface area contributed by atoms with Crippen LogP contribution in [0.4, 0.5) is 9.59 Å². The lowest BCUT2D eigenvalue weighted by molar-refractivity contribution is 0.0472. The molecule has 0 aromatic heterocycles. The molecule has 0 heterocycles. The summed E-state index contributed by atoms with van der Waals surface area (Å²) in [4.78, 5) is 23.7. The van der Waals surface area contributed by atoms with E-state index in [1.807, 2.05) is 55.4 Å². The molecule has 0 aliphatic rings. The van der Waals surface area contributed by atoms with E-state index in [2.05, 4.69) is 10.6 Å². The average molecular weight is 344 g/mol. The number of carbonyl (C=O) groups excluding carboxylic acids is 2. The first kappa shape index (κ1) is 22.5. The van der Waals surface area contributed by atoms with E-state index in [1.165, 1.54) is 0 Å². The highest BCUT2D eigenvalue weighted by Crippen LogP contribution is 2.12. The minimum atomic E-state index is -0.507. The van der Waals surface area contributed by atoms with Gasteiger partial charge in [0.2, 0.25) is 0 Å². The fourth-order valence-electron chi connectivity index (χ4n) is 2.11. The van der Waals surface area contributed by atoms with Crippen LogP contribution < -0.4 is 10.6 Å². The maximum absolute atomic E-state index is 11.9. The summed E-state index contributed by atoms with van der Waals surface area (Å²) in [7, 11) is 0. The molecule has 6 nitrogen and oxygen atoms in total. The summed E-state index contributed by atoms with van der Waals surface area (Å²) < 4.78 is 10.6. The van der Waals surface area contributed by atoms with Crippen molar-refractivity contribution in [1.82, 2.24) is 10.6 Å². The molecule has 0 aliphatic heterocycles. The lowest BCUT2D eigenvalue weighted by Gasteiger charge is -2.25. The van der Waals surface area contributed by atoms with Crippen molar-refractivity contribution < 1.29 is 19.1 Å². The number of hydrogen-bond acceptors (Lipinski definition) is 4. The predicted octanol–water partition coefficient (Wildman–Crippen LogP) is 4.37. The third-order valence-electron chi connectivity index (χ3n) is 3.29. The van der Waals surface area contributed by atoms with Gasteiger partial charge in [-0.05, 0) is 67.2 Å². The van der Waals surface area contributed by atoms with Crippen molar-refractivity contribution >= 4 is 12.2 Å². The Hall–Kier alpha value is -1.46. The van der Waals surface area contributed by atoms with E-state index in [0.29, 0.717) is 0 Å². The molecule has 0 rings (SSSR count). The van der Waals surface area contributed by atoms with E-state index in [9.17, 15) is 9.59 Å². The van der Waals surface area contributed by atoms with Crippen LogP contribution in [0.2, 0.25) is 0 Å². The van der Waals surface area contributed by atoms with Gasteiger partial charge in [-0.3, -0.25) is 0 Å². The molecular formula is C18H36N2O4. The highest BCUT2D eigenvalue weighted by Gasteiger charge is 2.21. The molecule has 0 aliphatic carbocycles. The van der Waals surface area contributed by atoms with Crippen molar-refractivity contribution in [3.63, 3.8) is 0 Å². The molecule has 2 atom stereocenters. The summed E-state index contributed by atoms with van der Waals surface area (Å²) in [6, 6.07) is 0.0451. The third kappa shape index (κ3) is 12.0. The van der Waals surface area contributed by atoms with Crippen LogP contribution in [0.25, 0.3) is 0 Å². The Kier molecular flexibility index (Phi) is 9.15. The molecule has 1 unspecified atom stereocenters. The Morgan fingerprint density at radius 3 is 1.25 bits per heavy atom. The second kappa shape index (κ2) is 9.74. The van der Waals surface area contributed by atoms with Gasteiger partial charge >= 0.3 is 12.2 Å². The van der Waals surface area contributed by atoms with Crippen LogP contribution in [-0.4, -0.2) is 35.5 Å². The van der Waals surface area contributed by atoms with Crippen LogP contribution in [0.5, 0.6) is 0 Å². The Bertz CT molecular complexity index is 359. The minimum Gasteiger partial charge on any atom is -0.444 e. The van der Waals surface area contributed by atoms with Gasteiger partial charge < -0.3 is 20.1 Å². The summed E-state index contributed by atoms with van der Waals surface area (Å²) in [5.41, 5.74) is -1.01. The van der Waals surface area contributed by atoms with Gasteiger partial charge in [0.15, 0.2) is 0 Å². The summed E-state index contributed by atoms with van der Waals surface area (Å²) in [5, 5.41) is 5.78. The standard InChI is InChI=1S/C18H36N2O4/c1-9-13(19-15(21)23-17(3,4)5)11-12-14(10-2)20-16(22)24-18(6,7)8/h13-14H,9-12H2,1-8H3,(H,19,21)(H,20,22)/t13-,14?/m1/s1. The monoisotopic (exact) mass is 344 g/mol. The normalized spacial score (nSPS) is 14.5. The molecule has 2 N–H and O–H groups in total. The molecule has 24 heavy (non-hydrogen) atoms. The minimum absolute atomic E-state index is 0.0225. The molecule has 0 saturated heterocycles. The molecule has 0 spiro atoms. The van der Waals surface area contributed by atoms with Gasteiger partial charge in [0.25, 0.3) is 0 Å². The molecule has 0 fully saturated rings. The van der Waals surface area contributed by atoms with Gasteiger partial charge in [0, 0.05) is 12.1 Å². The Morgan fingerprint density at radius 1 is 0.750 bits per heavy atom. The molecule has 0 aromatic carbocycles. The zero-order chi connectivity index (χ0) is 19.0. The molecule has 0 bridgehead atoms. The highest BCUT2D eigenvalue weighted by molar-refractivity contribution is 5.68. The van der Waals surface area contributed by atoms with E-state index in [0.717, 1.165) is 25.7 Å². The topological polar surface area (TPSA) is 76.7 Å². The number of alkyl carbamates (subject to hydrolysis) is 2. The van der Waals surface area contributed by atoms with Crippen molar-refractivity contribution in [2.45, 2.75) is 104 Å². The molecule has 6 heteroatoms. The van der Waals surface area contributed by atoms with Gasteiger partial charge in [-0.15, -0.1) is 0 Å².